The van der Waals surface area contributed by atoms with Crippen LogP contribution in [-0.2, 0) is 9.53 Å². The predicted octanol–water partition coefficient (Wildman–Crippen LogP) is 2.34. The second kappa shape index (κ2) is 5.24. The molecule has 1 N–H and O–H groups in total. The van der Waals surface area contributed by atoms with Crippen LogP contribution in [0.2, 0.25) is 0 Å². The number of aliphatic hydroxyl groups excluding tert-OH is 1. The van der Waals surface area contributed by atoms with Crippen molar-refractivity contribution in [3.8, 4) is 5.75 Å². The van der Waals surface area contributed by atoms with E-state index in [9.17, 15) is 14.3 Å². The van der Waals surface area contributed by atoms with Gasteiger partial charge in [0.15, 0.2) is 6.10 Å². The van der Waals surface area contributed by atoms with Gasteiger partial charge in [0, 0.05) is 5.56 Å². The molecule has 1 aliphatic carbocycles. The second-order valence-electron chi connectivity index (χ2n) is 4.05. The number of methoxy groups -OCH3 is 1. The number of esters is 1. The number of benzene rings is 1. The van der Waals surface area contributed by atoms with Gasteiger partial charge < -0.3 is 14.6 Å². The molecule has 0 amide bonds. The van der Waals surface area contributed by atoms with Crippen molar-refractivity contribution in [2.75, 3.05) is 7.11 Å². The van der Waals surface area contributed by atoms with Gasteiger partial charge in [0.2, 0.25) is 0 Å². The molecule has 1 aliphatic rings. The van der Waals surface area contributed by atoms with Crippen molar-refractivity contribution in [1.82, 2.24) is 0 Å². The van der Waals surface area contributed by atoms with Gasteiger partial charge in [0.1, 0.15) is 11.6 Å². The minimum atomic E-state index is -1.56. The average Bonchev–Trinajstić information content (AvgIpc) is 3.14. The number of rotatable bonds is 4. The van der Waals surface area contributed by atoms with Gasteiger partial charge in [-0.15, -0.1) is 0 Å². The Morgan fingerprint density at radius 1 is 1.56 bits per heavy atom. The molecule has 0 aliphatic heterocycles. The number of hydrogen-bond donors (Lipinski definition) is 1. The van der Waals surface area contributed by atoms with Crippen LogP contribution >= 0.6 is 15.9 Å². The third-order valence-corrected chi connectivity index (χ3v) is 3.15. The fourth-order valence-corrected chi connectivity index (χ4v) is 2.04. The molecule has 2 rings (SSSR count). The van der Waals surface area contributed by atoms with E-state index in [1.807, 2.05) is 0 Å². The molecule has 1 fully saturated rings. The summed E-state index contributed by atoms with van der Waals surface area (Å²) >= 11 is 3.17. The van der Waals surface area contributed by atoms with Gasteiger partial charge in [-0.05, 0) is 40.9 Å². The van der Waals surface area contributed by atoms with Crippen molar-refractivity contribution < 1.29 is 23.8 Å². The highest BCUT2D eigenvalue weighted by Crippen LogP contribution is 2.38. The summed E-state index contributed by atoms with van der Waals surface area (Å²) in [6.07, 6.45) is 0.334. The number of ether oxygens (including phenoxy) is 2. The van der Waals surface area contributed by atoms with E-state index < -0.39 is 17.9 Å². The van der Waals surface area contributed by atoms with Crippen LogP contribution in [0.15, 0.2) is 16.6 Å². The Balaban J connectivity index is 2.38. The minimum Gasteiger partial charge on any atom is -0.489 e. The van der Waals surface area contributed by atoms with Crippen molar-refractivity contribution in [1.29, 1.82) is 0 Å². The fourth-order valence-electron chi connectivity index (χ4n) is 1.50. The van der Waals surface area contributed by atoms with E-state index in [2.05, 4.69) is 20.7 Å². The average molecular weight is 319 g/mol. The molecular formula is C12H12BrFO4. The minimum absolute atomic E-state index is 0.0651. The zero-order valence-electron chi connectivity index (χ0n) is 9.65. The van der Waals surface area contributed by atoms with Gasteiger partial charge in [-0.25, -0.2) is 9.18 Å². The summed E-state index contributed by atoms with van der Waals surface area (Å²) in [6, 6.07) is 2.30. The number of halogens is 2. The lowest BCUT2D eigenvalue weighted by Crippen LogP contribution is -2.15. The Morgan fingerprint density at radius 3 is 2.78 bits per heavy atom. The maximum absolute atomic E-state index is 13.3. The molecule has 0 saturated heterocycles. The number of hydrogen-bond acceptors (Lipinski definition) is 4. The molecule has 4 nitrogen and oxygen atoms in total. The largest absolute Gasteiger partial charge is 0.489 e. The lowest BCUT2D eigenvalue weighted by Gasteiger charge is -2.16. The first-order chi connectivity index (χ1) is 8.52. The Kier molecular flexibility index (Phi) is 3.87. The topological polar surface area (TPSA) is 55.8 Å². The molecule has 1 saturated carbocycles. The second-order valence-corrected chi connectivity index (χ2v) is 4.90. The normalized spacial score (nSPS) is 16.2. The van der Waals surface area contributed by atoms with E-state index in [-0.39, 0.29) is 17.4 Å². The van der Waals surface area contributed by atoms with Crippen LogP contribution in [-0.4, -0.2) is 24.3 Å². The first-order valence-corrected chi connectivity index (χ1v) is 6.23. The maximum atomic E-state index is 13.3. The smallest absolute Gasteiger partial charge is 0.339 e. The van der Waals surface area contributed by atoms with E-state index in [1.165, 1.54) is 6.07 Å². The van der Waals surface area contributed by atoms with Crippen LogP contribution in [0.25, 0.3) is 0 Å². The van der Waals surface area contributed by atoms with Crippen molar-refractivity contribution in [2.45, 2.75) is 25.0 Å². The summed E-state index contributed by atoms with van der Waals surface area (Å²) in [5.74, 6) is -1.13. The molecule has 18 heavy (non-hydrogen) atoms. The summed E-state index contributed by atoms with van der Waals surface area (Å²) in [5, 5.41) is 9.81. The molecule has 1 unspecified atom stereocenters. The monoisotopic (exact) mass is 318 g/mol. The number of carbonyl (C=O) groups is 1. The summed E-state index contributed by atoms with van der Waals surface area (Å²) in [4.78, 5) is 11.3. The first kappa shape index (κ1) is 13.3. The van der Waals surface area contributed by atoms with E-state index in [0.29, 0.717) is 4.47 Å². The van der Waals surface area contributed by atoms with Crippen molar-refractivity contribution >= 4 is 21.9 Å². The van der Waals surface area contributed by atoms with Gasteiger partial charge in [-0.2, -0.15) is 0 Å². The molecule has 1 atom stereocenters. The summed E-state index contributed by atoms with van der Waals surface area (Å²) in [7, 11) is 1.15. The van der Waals surface area contributed by atoms with E-state index in [1.54, 1.807) is 0 Å². The van der Waals surface area contributed by atoms with Crippen molar-refractivity contribution in [3.05, 3.63) is 28.0 Å². The molecule has 0 bridgehead atoms. The standard InChI is InChI=1S/C12H12BrFO4/c1-17-12(16)10(15)8-4-6(14)5-9(13)11(8)18-7-2-3-7/h4-5,7,10,15H,2-3H2,1H3. The van der Waals surface area contributed by atoms with Crippen LogP contribution in [0.5, 0.6) is 5.75 Å². The summed E-state index contributed by atoms with van der Waals surface area (Å²) in [6.45, 7) is 0. The highest BCUT2D eigenvalue weighted by Gasteiger charge is 2.30. The summed E-state index contributed by atoms with van der Waals surface area (Å²) < 4.78 is 23.7. The third kappa shape index (κ3) is 2.81. The molecule has 0 spiro atoms. The predicted molar refractivity (Wildman–Crippen MR) is 64.7 cm³/mol. The van der Waals surface area contributed by atoms with Gasteiger partial charge >= 0.3 is 5.97 Å². The van der Waals surface area contributed by atoms with E-state index in [0.717, 1.165) is 26.0 Å². The molecule has 1 aromatic carbocycles. The van der Waals surface area contributed by atoms with Gasteiger partial charge in [-0.3, -0.25) is 0 Å². The third-order valence-electron chi connectivity index (χ3n) is 2.57. The molecule has 0 aromatic heterocycles. The van der Waals surface area contributed by atoms with Crippen LogP contribution in [0.4, 0.5) is 4.39 Å². The quantitative estimate of drug-likeness (QED) is 0.866. The van der Waals surface area contributed by atoms with E-state index >= 15 is 0 Å². The van der Waals surface area contributed by atoms with Crippen LogP contribution < -0.4 is 4.74 Å². The highest BCUT2D eigenvalue weighted by atomic mass is 79.9. The Hall–Kier alpha value is -1.14. The molecule has 6 heteroatoms. The first-order valence-electron chi connectivity index (χ1n) is 5.44. The van der Waals surface area contributed by atoms with Gasteiger partial charge in [-0.1, -0.05) is 0 Å². The van der Waals surface area contributed by atoms with E-state index in [4.69, 9.17) is 4.74 Å². The zero-order chi connectivity index (χ0) is 13.3. The number of aliphatic hydroxyl groups is 1. The number of carbonyl (C=O) groups excluding carboxylic acids is 1. The SMILES string of the molecule is COC(=O)C(O)c1cc(F)cc(Br)c1OC1CC1. The molecule has 0 heterocycles. The lowest BCUT2D eigenvalue weighted by atomic mass is 10.1. The highest BCUT2D eigenvalue weighted by molar-refractivity contribution is 9.10. The fraction of sp³-hybridized carbons (Fsp3) is 0.417. The van der Waals surface area contributed by atoms with Crippen molar-refractivity contribution in [2.24, 2.45) is 0 Å². The maximum Gasteiger partial charge on any atom is 0.339 e. The summed E-state index contributed by atoms with van der Waals surface area (Å²) in [5.41, 5.74) is 0.0700. The zero-order valence-corrected chi connectivity index (χ0v) is 11.2. The van der Waals surface area contributed by atoms with Gasteiger partial charge in [0.25, 0.3) is 0 Å². The molecular weight excluding hydrogens is 307 g/mol. The van der Waals surface area contributed by atoms with Crippen LogP contribution in [0, 0.1) is 5.82 Å². The van der Waals surface area contributed by atoms with Crippen LogP contribution in [0.3, 0.4) is 0 Å². The molecule has 1 aromatic rings. The molecule has 98 valence electrons. The van der Waals surface area contributed by atoms with Crippen LogP contribution in [0.1, 0.15) is 24.5 Å². The Labute approximate surface area is 112 Å². The Morgan fingerprint density at radius 2 is 2.22 bits per heavy atom. The van der Waals surface area contributed by atoms with Crippen molar-refractivity contribution in [3.63, 3.8) is 0 Å². The van der Waals surface area contributed by atoms with Gasteiger partial charge in [0.05, 0.1) is 17.7 Å². The lowest BCUT2D eigenvalue weighted by molar-refractivity contribution is -0.150. The molecule has 0 radical (unpaired) electrons. The Bertz CT molecular complexity index is 473.